The van der Waals surface area contributed by atoms with Crippen LogP contribution in [0.3, 0.4) is 0 Å². The highest BCUT2D eigenvalue weighted by Gasteiger charge is 2.05. The van der Waals surface area contributed by atoms with Gasteiger partial charge in [-0.25, -0.2) is 4.79 Å². The standard InChI is InChI=1S/C26H42O8/c1-2-3-4-5-6-10-13-25(27)33-22-20-31-18-16-29-14-15-30-17-19-32-21-23-34-26(28)24-11-8-7-9-12-24/h7-9,11-12H,2-6,10,13-23H2,1H3. The lowest BCUT2D eigenvalue weighted by atomic mass is 10.1. The highest BCUT2D eigenvalue weighted by atomic mass is 16.6. The van der Waals surface area contributed by atoms with Crippen molar-refractivity contribution in [1.82, 2.24) is 0 Å². The molecule has 0 N–H and O–H groups in total. The molecule has 0 amide bonds. The van der Waals surface area contributed by atoms with Crippen LogP contribution in [0.1, 0.15) is 62.2 Å². The molecule has 0 heterocycles. The average molecular weight is 483 g/mol. The molecule has 0 saturated heterocycles. The molecule has 0 spiro atoms. The van der Waals surface area contributed by atoms with Crippen molar-refractivity contribution in [3.8, 4) is 0 Å². The molecule has 0 unspecified atom stereocenters. The van der Waals surface area contributed by atoms with Gasteiger partial charge >= 0.3 is 11.9 Å². The maximum absolute atomic E-state index is 11.7. The van der Waals surface area contributed by atoms with Crippen molar-refractivity contribution < 1.29 is 38.0 Å². The van der Waals surface area contributed by atoms with Gasteiger partial charge in [0.15, 0.2) is 0 Å². The van der Waals surface area contributed by atoms with Crippen LogP contribution in [-0.2, 0) is 33.2 Å². The van der Waals surface area contributed by atoms with Crippen LogP contribution in [0.4, 0.5) is 0 Å². The summed E-state index contributed by atoms with van der Waals surface area (Å²) >= 11 is 0. The summed E-state index contributed by atoms with van der Waals surface area (Å²) in [5.74, 6) is -0.504. The highest BCUT2D eigenvalue weighted by molar-refractivity contribution is 5.89. The molecule has 1 rings (SSSR count). The number of carbonyl (C=O) groups is 2. The van der Waals surface area contributed by atoms with E-state index in [1.807, 2.05) is 6.07 Å². The smallest absolute Gasteiger partial charge is 0.338 e. The molecule has 0 fully saturated rings. The molecule has 0 atom stereocenters. The SMILES string of the molecule is CCCCCCCCC(=O)OCCOCCOCCOCCOCCOC(=O)c1ccccc1. The van der Waals surface area contributed by atoms with E-state index in [4.69, 9.17) is 28.4 Å². The van der Waals surface area contributed by atoms with E-state index in [9.17, 15) is 9.59 Å². The van der Waals surface area contributed by atoms with Gasteiger partial charge in [0.25, 0.3) is 0 Å². The summed E-state index contributed by atoms with van der Waals surface area (Å²) in [6, 6.07) is 8.84. The molecule has 194 valence electrons. The largest absolute Gasteiger partial charge is 0.463 e. The minimum atomic E-state index is -0.355. The Hall–Kier alpha value is -2.00. The molecular formula is C26H42O8. The number of rotatable bonds is 23. The Bertz CT molecular complexity index is 608. The van der Waals surface area contributed by atoms with E-state index in [0.717, 1.165) is 12.8 Å². The van der Waals surface area contributed by atoms with Crippen molar-refractivity contribution in [2.75, 3.05) is 66.1 Å². The Balaban J connectivity index is 1.74. The summed E-state index contributed by atoms with van der Waals surface area (Å²) in [7, 11) is 0. The maximum Gasteiger partial charge on any atom is 0.338 e. The lowest BCUT2D eigenvalue weighted by Crippen LogP contribution is -2.15. The number of hydrogen-bond donors (Lipinski definition) is 0. The second kappa shape index (κ2) is 22.8. The van der Waals surface area contributed by atoms with Gasteiger partial charge in [-0.05, 0) is 18.6 Å². The number of hydrogen-bond acceptors (Lipinski definition) is 8. The molecular weight excluding hydrogens is 440 g/mol. The predicted molar refractivity (Wildman–Crippen MR) is 129 cm³/mol. The second-order valence-corrected chi connectivity index (χ2v) is 7.69. The van der Waals surface area contributed by atoms with E-state index in [1.54, 1.807) is 24.3 Å². The summed E-state index contributed by atoms with van der Waals surface area (Å²) < 4.78 is 31.8. The first-order valence-electron chi connectivity index (χ1n) is 12.4. The molecule has 0 aliphatic carbocycles. The van der Waals surface area contributed by atoms with Gasteiger partial charge in [0, 0.05) is 6.42 Å². The Kier molecular flexibility index (Phi) is 20.1. The Morgan fingerprint density at radius 2 is 1.06 bits per heavy atom. The van der Waals surface area contributed by atoms with Gasteiger partial charge in [0.1, 0.15) is 13.2 Å². The molecule has 0 aliphatic heterocycles. The summed E-state index contributed by atoms with van der Waals surface area (Å²) in [4.78, 5) is 23.3. The molecule has 8 heteroatoms. The fourth-order valence-corrected chi connectivity index (χ4v) is 2.95. The van der Waals surface area contributed by atoms with Crippen molar-refractivity contribution in [2.24, 2.45) is 0 Å². The van der Waals surface area contributed by atoms with Gasteiger partial charge in [-0.1, -0.05) is 57.2 Å². The van der Waals surface area contributed by atoms with E-state index >= 15 is 0 Å². The van der Waals surface area contributed by atoms with Crippen LogP contribution in [0.2, 0.25) is 0 Å². The van der Waals surface area contributed by atoms with E-state index in [0.29, 0.717) is 64.8 Å². The lowest BCUT2D eigenvalue weighted by Gasteiger charge is -2.08. The number of unbranched alkanes of at least 4 members (excludes halogenated alkanes) is 5. The quantitative estimate of drug-likeness (QED) is 0.169. The van der Waals surface area contributed by atoms with Gasteiger partial charge in [0.05, 0.1) is 58.4 Å². The summed E-state index contributed by atoms with van der Waals surface area (Å²) in [5, 5.41) is 0. The van der Waals surface area contributed by atoms with Crippen LogP contribution in [-0.4, -0.2) is 78.0 Å². The second-order valence-electron chi connectivity index (χ2n) is 7.69. The average Bonchev–Trinajstić information content (AvgIpc) is 2.86. The molecule has 0 saturated carbocycles. The van der Waals surface area contributed by atoms with Crippen molar-refractivity contribution in [3.63, 3.8) is 0 Å². The molecule has 1 aromatic carbocycles. The fourth-order valence-electron chi connectivity index (χ4n) is 2.95. The zero-order valence-corrected chi connectivity index (χ0v) is 20.7. The molecule has 0 aliphatic rings. The third-order valence-corrected chi connectivity index (χ3v) is 4.81. The van der Waals surface area contributed by atoms with E-state index in [-0.39, 0.29) is 25.2 Å². The first-order chi connectivity index (χ1) is 16.7. The van der Waals surface area contributed by atoms with Crippen LogP contribution >= 0.6 is 0 Å². The van der Waals surface area contributed by atoms with Crippen LogP contribution in [0, 0.1) is 0 Å². The van der Waals surface area contributed by atoms with E-state index < -0.39 is 0 Å². The number of benzene rings is 1. The van der Waals surface area contributed by atoms with E-state index in [1.165, 1.54) is 25.7 Å². The number of ether oxygens (including phenoxy) is 6. The summed E-state index contributed by atoms with van der Waals surface area (Å²) in [5.41, 5.74) is 0.526. The van der Waals surface area contributed by atoms with Gasteiger partial charge in [-0.2, -0.15) is 0 Å². The first kappa shape index (κ1) is 30.0. The Morgan fingerprint density at radius 1 is 0.588 bits per heavy atom. The van der Waals surface area contributed by atoms with Crippen LogP contribution in [0.5, 0.6) is 0 Å². The third kappa shape index (κ3) is 18.4. The summed E-state index contributed by atoms with van der Waals surface area (Å²) in [6.07, 6.45) is 7.41. The summed E-state index contributed by atoms with van der Waals surface area (Å²) in [6.45, 7) is 6.06. The Morgan fingerprint density at radius 3 is 1.62 bits per heavy atom. The minimum absolute atomic E-state index is 0.148. The topological polar surface area (TPSA) is 89.5 Å². The molecule has 8 nitrogen and oxygen atoms in total. The normalized spacial score (nSPS) is 10.9. The van der Waals surface area contributed by atoms with Crippen molar-refractivity contribution in [1.29, 1.82) is 0 Å². The van der Waals surface area contributed by atoms with Crippen LogP contribution in [0.15, 0.2) is 30.3 Å². The third-order valence-electron chi connectivity index (χ3n) is 4.81. The zero-order valence-electron chi connectivity index (χ0n) is 20.7. The van der Waals surface area contributed by atoms with Crippen molar-refractivity contribution in [3.05, 3.63) is 35.9 Å². The number of esters is 2. The molecule has 0 radical (unpaired) electrons. The molecule has 1 aromatic rings. The Labute approximate surface area is 204 Å². The molecule has 0 bridgehead atoms. The van der Waals surface area contributed by atoms with Crippen molar-refractivity contribution >= 4 is 11.9 Å². The highest BCUT2D eigenvalue weighted by Crippen LogP contribution is 2.07. The lowest BCUT2D eigenvalue weighted by molar-refractivity contribution is -0.145. The van der Waals surface area contributed by atoms with Gasteiger partial charge < -0.3 is 28.4 Å². The first-order valence-corrected chi connectivity index (χ1v) is 12.4. The van der Waals surface area contributed by atoms with Crippen LogP contribution < -0.4 is 0 Å². The van der Waals surface area contributed by atoms with Gasteiger partial charge in [-0.15, -0.1) is 0 Å². The molecule has 34 heavy (non-hydrogen) atoms. The monoisotopic (exact) mass is 482 g/mol. The van der Waals surface area contributed by atoms with Crippen molar-refractivity contribution in [2.45, 2.75) is 51.9 Å². The van der Waals surface area contributed by atoms with Gasteiger partial charge in [-0.3, -0.25) is 4.79 Å². The van der Waals surface area contributed by atoms with Crippen LogP contribution in [0.25, 0.3) is 0 Å². The predicted octanol–water partition coefficient (Wildman–Crippen LogP) is 4.20. The number of carbonyl (C=O) groups excluding carboxylic acids is 2. The van der Waals surface area contributed by atoms with E-state index in [2.05, 4.69) is 6.92 Å². The maximum atomic E-state index is 11.7. The minimum Gasteiger partial charge on any atom is -0.463 e. The fraction of sp³-hybridized carbons (Fsp3) is 0.692. The zero-order chi connectivity index (χ0) is 24.5. The molecule has 0 aromatic heterocycles. The van der Waals surface area contributed by atoms with Gasteiger partial charge in [0.2, 0.25) is 0 Å².